The fraction of sp³-hybridized carbons (Fsp3) is 0.286. The molecule has 1 aromatic heterocycles. The van der Waals surface area contributed by atoms with E-state index in [9.17, 15) is 9.90 Å². The molecule has 1 unspecified atom stereocenters. The average Bonchev–Trinajstić information content (AvgIpc) is 2.92. The van der Waals surface area contributed by atoms with E-state index in [4.69, 9.17) is 0 Å². The second-order valence-corrected chi connectivity index (χ2v) is 4.75. The van der Waals surface area contributed by atoms with Crippen LogP contribution in [-0.4, -0.2) is 20.6 Å². The van der Waals surface area contributed by atoms with Crippen molar-refractivity contribution in [3.63, 3.8) is 0 Å². The lowest BCUT2D eigenvalue weighted by atomic mass is 9.78. The van der Waals surface area contributed by atoms with Crippen LogP contribution < -0.4 is 0 Å². The first kappa shape index (κ1) is 11.0. The molecule has 4 nitrogen and oxygen atoms in total. The van der Waals surface area contributed by atoms with Gasteiger partial charge in [0.25, 0.3) is 0 Å². The van der Waals surface area contributed by atoms with Crippen LogP contribution in [0.3, 0.4) is 0 Å². The zero-order valence-electron chi connectivity index (χ0n) is 9.91. The van der Waals surface area contributed by atoms with Crippen molar-refractivity contribution in [1.29, 1.82) is 0 Å². The third kappa shape index (κ3) is 1.53. The minimum atomic E-state index is -0.884. The number of imidazole rings is 1. The monoisotopic (exact) mass is 242 g/mol. The summed E-state index contributed by atoms with van der Waals surface area (Å²) in [5.41, 5.74) is 1.50. The summed E-state index contributed by atoms with van der Waals surface area (Å²) in [5, 5.41) is 9.64. The van der Waals surface area contributed by atoms with Crippen LogP contribution >= 0.6 is 0 Å². The number of benzene rings is 1. The molecule has 0 aliphatic heterocycles. The molecule has 1 aromatic carbocycles. The van der Waals surface area contributed by atoms with Gasteiger partial charge in [-0.15, -0.1) is 0 Å². The van der Waals surface area contributed by atoms with E-state index < -0.39 is 11.5 Å². The van der Waals surface area contributed by atoms with E-state index in [0.29, 0.717) is 12.8 Å². The number of carboxylic acid groups (broad SMARTS) is 1. The van der Waals surface area contributed by atoms with Crippen LogP contribution in [0.25, 0.3) is 0 Å². The molecule has 0 radical (unpaired) electrons. The Morgan fingerprint density at radius 1 is 1.33 bits per heavy atom. The minimum Gasteiger partial charge on any atom is -0.479 e. The number of nitrogens with zero attached hydrogens (tertiary/aromatic N) is 2. The SMILES string of the molecule is O=C(O)C1(n2ccnc2)CCc2ccccc2C1. The molecule has 1 heterocycles. The Morgan fingerprint density at radius 2 is 2.11 bits per heavy atom. The molecular weight excluding hydrogens is 228 g/mol. The number of aliphatic carboxylic acids is 1. The first-order valence-corrected chi connectivity index (χ1v) is 6.01. The molecule has 0 fully saturated rings. The number of aromatic nitrogens is 2. The number of hydrogen-bond donors (Lipinski definition) is 1. The van der Waals surface area contributed by atoms with E-state index in [1.54, 1.807) is 23.3 Å². The van der Waals surface area contributed by atoms with Crippen LogP contribution in [0.2, 0.25) is 0 Å². The third-order valence-corrected chi connectivity index (χ3v) is 3.81. The number of carbonyl (C=O) groups is 1. The predicted octanol–water partition coefficient (Wildman–Crippen LogP) is 1.85. The molecule has 0 saturated carbocycles. The van der Waals surface area contributed by atoms with Crippen molar-refractivity contribution in [2.45, 2.75) is 24.8 Å². The van der Waals surface area contributed by atoms with Gasteiger partial charge >= 0.3 is 5.97 Å². The van der Waals surface area contributed by atoms with Gasteiger partial charge in [-0.2, -0.15) is 0 Å². The van der Waals surface area contributed by atoms with E-state index >= 15 is 0 Å². The topological polar surface area (TPSA) is 55.1 Å². The Morgan fingerprint density at radius 3 is 2.78 bits per heavy atom. The first-order chi connectivity index (χ1) is 8.72. The Bertz CT molecular complexity index is 577. The van der Waals surface area contributed by atoms with Gasteiger partial charge in [-0.3, -0.25) is 0 Å². The molecule has 1 aliphatic carbocycles. The molecule has 2 aromatic rings. The predicted molar refractivity (Wildman–Crippen MR) is 66.3 cm³/mol. The molecule has 92 valence electrons. The van der Waals surface area contributed by atoms with Crippen molar-refractivity contribution in [3.8, 4) is 0 Å². The number of aryl methyl sites for hydroxylation is 1. The van der Waals surface area contributed by atoms with E-state index in [-0.39, 0.29) is 0 Å². The van der Waals surface area contributed by atoms with Crippen LogP contribution in [0.4, 0.5) is 0 Å². The molecule has 1 aliphatic rings. The summed E-state index contributed by atoms with van der Waals surface area (Å²) >= 11 is 0. The number of fused-ring (bicyclic) bond motifs is 1. The summed E-state index contributed by atoms with van der Waals surface area (Å²) < 4.78 is 1.73. The van der Waals surface area contributed by atoms with Gasteiger partial charge in [-0.25, -0.2) is 9.78 Å². The van der Waals surface area contributed by atoms with E-state index in [0.717, 1.165) is 12.0 Å². The van der Waals surface area contributed by atoms with Gasteiger partial charge in [0.15, 0.2) is 0 Å². The Balaban J connectivity index is 2.08. The van der Waals surface area contributed by atoms with Gasteiger partial charge in [0.05, 0.1) is 6.33 Å². The van der Waals surface area contributed by atoms with Crippen molar-refractivity contribution in [1.82, 2.24) is 9.55 Å². The molecule has 0 bridgehead atoms. The van der Waals surface area contributed by atoms with Crippen LogP contribution in [0.15, 0.2) is 43.0 Å². The number of carboxylic acids is 1. The second kappa shape index (κ2) is 3.98. The van der Waals surface area contributed by atoms with Crippen molar-refractivity contribution in [3.05, 3.63) is 54.1 Å². The lowest BCUT2D eigenvalue weighted by Gasteiger charge is -2.35. The van der Waals surface area contributed by atoms with Gasteiger partial charge in [0.1, 0.15) is 5.54 Å². The van der Waals surface area contributed by atoms with E-state index in [1.807, 2.05) is 18.2 Å². The lowest BCUT2D eigenvalue weighted by Crippen LogP contribution is -2.46. The van der Waals surface area contributed by atoms with Crippen LogP contribution in [0.1, 0.15) is 17.5 Å². The normalized spacial score (nSPS) is 22.4. The minimum absolute atomic E-state index is 0.523. The molecule has 0 spiro atoms. The highest BCUT2D eigenvalue weighted by atomic mass is 16.4. The van der Waals surface area contributed by atoms with Crippen molar-refractivity contribution >= 4 is 5.97 Å². The molecule has 4 heteroatoms. The van der Waals surface area contributed by atoms with Gasteiger partial charge in [0.2, 0.25) is 0 Å². The maximum Gasteiger partial charge on any atom is 0.330 e. The lowest BCUT2D eigenvalue weighted by molar-refractivity contribution is -0.148. The highest BCUT2D eigenvalue weighted by Crippen LogP contribution is 2.34. The van der Waals surface area contributed by atoms with Crippen LogP contribution in [0, 0.1) is 0 Å². The van der Waals surface area contributed by atoms with Crippen molar-refractivity contribution in [2.75, 3.05) is 0 Å². The van der Waals surface area contributed by atoms with Crippen molar-refractivity contribution < 1.29 is 9.90 Å². The molecule has 0 amide bonds. The van der Waals surface area contributed by atoms with Crippen LogP contribution in [0.5, 0.6) is 0 Å². The third-order valence-electron chi connectivity index (χ3n) is 3.81. The summed E-state index contributed by atoms with van der Waals surface area (Å²) in [6.45, 7) is 0. The zero-order chi connectivity index (χ0) is 12.6. The Labute approximate surface area is 105 Å². The summed E-state index contributed by atoms with van der Waals surface area (Å²) in [5.74, 6) is -0.782. The van der Waals surface area contributed by atoms with Gasteiger partial charge in [0, 0.05) is 18.8 Å². The van der Waals surface area contributed by atoms with Gasteiger partial charge < -0.3 is 9.67 Å². The standard InChI is InChI=1S/C14H14N2O2/c17-13(18)14(16-8-7-15-10-16)6-5-11-3-1-2-4-12(11)9-14/h1-4,7-8,10H,5-6,9H2,(H,17,18). The summed E-state index contributed by atoms with van der Waals surface area (Å²) in [7, 11) is 0. The highest BCUT2D eigenvalue weighted by Gasteiger charge is 2.42. The Kier molecular flexibility index (Phi) is 2.44. The van der Waals surface area contributed by atoms with E-state index in [2.05, 4.69) is 11.1 Å². The second-order valence-electron chi connectivity index (χ2n) is 4.75. The maximum atomic E-state index is 11.7. The summed E-state index contributed by atoms with van der Waals surface area (Å²) in [6.07, 6.45) is 6.89. The average molecular weight is 242 g/mol. The quantitative estimate of drug-likeness (QED) is 0.874. The number of rotatable bonds is 2. The molecule has 18 heavy (non-hydrogen) atoms. The largest absolute Gasteiger partial charge is 0.479 e. The van der Waals surface area contributed by atoms with Crippen LogP contribution in [-0.2, 0) is 23.2 Å². The molecular formula is C14H14N2O2. The number of hydrogen-bond acceptors (Lipinski definition) is 2. The fourth-order valence-corrected chi connectivity index (χ4v) is 2.74. The summed E-state index contributed by atoms with van der Waals surface area (Å²) in [4.78, 5) is 15.7. The maximum absolute atomic E-state index is 11.7. The van der Waals surface area contributed by atoms with Gasteiger partial charge in [-0.05, 0) is 24.0 Å². The molecule has 1 N–H and O–H groups in total. The fourth-order valence-electron chi connectivity index (χ4n) is 2.74. The zero-order valence-corrected chi connectivity index (χ0v) is 9.91. The highest BCUT2D eigenvalue weighted by molar-refractivity contribution is 5.78. The molecule has 3 rings (SSSR count). The smallest absolute Gasteiger partial charge is 0.330 e. The van der Waals surface area contributed by atoms with E-state index in [1.165, 1.54) is 5.56 Å². The summed E-state index contributed by atoms with van der Waals surface area (Å²) in [6, 6.07) is 8.06. The van der Waals surface area contributed by atoms with Crippen molar-refractivity contribution in [2.24, 2.45) is 0 Å². The first-order valence-electron chi connectivity index (χ1n) is 6.01. The Hall–Kier alpha value is -2.10. The molecule has 0 saturated heterocycles. The van der Waals surface area contributed by atoms with Gasteiger partial charge in [-0.1, -0.05) is 24.3 Å². The molecule has 1 atom stereocenters.